The van der Waals surface area contributed by atoms with Crippen molar-refractivity contribution < 1.29 is 9.47 Å². The summed E-state index contributed by atoms with van der Waals surface area (Å²) < 4.78 is 10.9. The molecule has 0 bridgehead atoms. The van der Waals surface area contributed by atoms with E-state index in [1.165, 1.54) is 5.56 Å². The molecule has 0 N–H and O–H groups in total. The summed E-state index contributed by atoms with van der Waals surface area (Å²) in [5.41, 5.74) is 7.42. The van der Waals surface area contributed by atoms with Crippen molar-refractivity contribution >= 4 is 11.4 Å². The van der Waals surface area contributed by atoms with E-state index in [4.69, 9.17) is 9.47 Å². The number of nitriles is 1. The molecule has 0 aromatic heterocycles. The van der Waals surface area contributed by atoms with Gasteiger partial charge in [0.05, 0.1) is 11.6 Å². The number of aryl methyl sites for hydroxylation is 2. The van der Waals surface area contributed by atoms with Gasteiger partial charge in [0, 0.05) is 25.0 Å². The smallest absolute Gasteiger partial charge is 0.188 e. The van der Waals surface area contributed by atoms with Gasteiger partial charge in [0.15, 0.2) is 6.79 Å². The molecule has 0 radical (unpaired) electrons. The Morgan fingerprint density at radius 1 is 0.968 bits per heavy atom. The zero-order chi connectivity index (χ0) is 22.4. The van der Waals surface area contributed by atoms with Crippen molar-refractivity contribution in [3.05, 3.63) is 88.5 Å². The van der Waals surface area contributed by atoms with Gasteiger partial charge in [-0.3, -0.25) is 0 Å². The third-order valence-electron chi connectivity index (χ3n) is 5.33. The van der Waals surface area contributed by atoms with Crippen LogP contribution in [0.3, 0.4) is 0 Å². The molecule has 0 amide bonds. The van der Waals surface area contributed by atoms with Gasteiger partial charge in [-0.05, 0) is 72.4 Å². The molecule has 0 spiro atoms. The highest BCUT2D eigenvalue weighted by Gasteiger charge is 2.19. The molecule has 0 unspecified atom stereocenters. The Bertz CT molecular complexity index is 1050. The Hall–Kier alpha value is -3.29. The van der Waals surface area contributed by atoms with Crippen LogP contribution >= 0.6 is 0 Å². The number of methoxy groups -OCH3 is 1. The van der Waals surface area contributed by atoms with Crippen LogP contribution in [-0.2, 0) is 11.3 Å². The van der Waals surface area contributed by atoms with Crippen molar-refractivity contribution in [2.75, 3.05) is 18.8 Å². The lowest BCUT2D eigenvalue weighted by molar-refractivity contribution is 0.0503. The quantitative estimate of drug-likeness (QED) is 0.389. The molecule has 0 fully saturated rings. The van der Waals surface area contributed by atoms with Gasteiger partial charge < -0.3 is 14.4 Å². The fourth-order valence-corrected chi connectivity index (χ4v) is 3.92. The van der Waals surface area contributed by atoms with Crippen LogP contribution < -0.4 is 9.64 Å². The number of hydrogen-bond donors (Lipinski definition) is 0. The van der Waals surface area contributed by atoms with Crippen molar-refractivity contribution in [1.29, 1.82) is 5.26 Å². The van der Waals surface area contributed by atoms with Gasteiger partial charge in [-0.15, -0.1) is 0 Å². The van der Waals surface area contributed by atoms with Crippen LogP contribution in [-0.4, -0.2) is 13.9 Å². The number of rotatable bonds is 8. The second-order valence-corrected chi connectivity index (χ2v) is 8.07. The molecule has 0 aliphatic rings. The zero-order valence-corrected chi connectivity index (χ0v) is 19.0. The molecule has 3 aromatic carbocycles. The number of anilines is 2. The highest BCUT2D eigenvalue weighted by atomic mass is 16.7. The topological polar surface area (TPSA) is 45.5 Å². The van der Waals surface area contributed by atoms with Gasteiger partial charge in [-0.25, -0.2) is 0 Å². The summed E-state index contributed by atoms with van der Waals surface area (Å²) in [7, 11) is 1.63. The third kappa shape index (κ3) is 5.25. The summed E-state index contributed by atoms with van der Waals surface area (Å²) in [4.78, 5) is 2.33. The van der Waals surface area contributed by atoms with Crippen LogP contribution in [0.5, 0.6) is 5.75 Å². The van der Waals surface area contributed by atoms with Crippen molar-refractivity contribution in [2.45, 2.75) is 40.2 Å². The maximum absolute atomic E-state index is 9.38. The molecule has 3 rings (SSSR count). The molecule has 0 aliphatic heterocycles. The van der Waals surface area contributed by atoms with E-state index in [9.17, 15) is 5.26 Å². The Morgan fingerprint density at radius 3 is 2.23 bits per heavy atom. The van der Waals surface area contributed by atoms with Gasteiger partial charge in [-0.1, -0.05) is 44.2 Å². The largest absolute Gasteiger partial charge is 0.467 e. The molecular weight excluding hydrogens is 384 g/mol. The number of hydrogen-bond acceptors (Lipinski definition) is 4. The van der Waals surface area contributed by atoms with Crippen molar-refractivity contribution in [1.82, 2.24) is 0 Å². The molecule has 0 heterocycles. The van der Waals surface area contributed by atoms with E-state index in [2.05, 4.69) is 75.1 Å². The fraction of sp³-hybridized carbons (Fsp3) is 0.296. The molecule has 0 atom stereocenters. The normalized spacial score (nSPS) is 10.7. The van der Waals surface area contributed by atoms with Gasteiger partial charge in [0.1, 0.15) is 5.75 Å². The summed E-state index contributed by atoms with van der Waals surface area (Å²) in [5.74, 6) is 1.14. The average Bonchev–Trinajstić information content (AvgIpc) is 2.77. The molecule has 4 heteroatoms. The van der Waals surface area contributed by atoms with Crippen molar-refractivity contribution in [2.24, 2.45) is 0 Å². The first kappa shape index (κ1) is 22.4. The van der Waals surface area contributed by atoms with E-state index in [0.717, 1.165) is 40.4 Å². The van der Waals surface area contributed by atoms with E-state index < -0.39 is 0 Å². The SMILES string of the molecule is COCOc1ccc(N(Cc2ccccc2)c2c(C)cc(C#N)cc2C)cc1C(C)C. The summed E-state index contributed by atoms with van der Waals surface area (Å²) >= 11 is 0. The number of benzene rings is 3. The molecule has 4 nitrogen and oxygen atoms in total. The molecule has 0 saturated heterocycles. The van der Waals surface area contributed by atoms with E-state index in [-0.39, 0.29) is 6.79 Å². The Labute approximate surface area is 185 Å². The van der Waals surface area contributed by atoms with E-state index in [1.807, 2.05) is 24.3 Å². The monoisotopic (exact) mass is 414 g/mol. The van der Waals surface area contributed by atoms with Crippen molar-refractivity contribution in [3.63, 3.8) is 0 Å². The lowest BCUT2D eigenvalue weighted by Crippen LogP contribution is -2.19. The van der Waals surface area contributed by atoms with Gasteiger partial charge in [0.2, 0.25) is 0 Å². The van der Waals surface area contributed by atoms with Crippen LogP contribution in [0, 0.1) is 25.2 Å². The predicted molar refractivity (Wildman–Crippen MR) is 126 cm³/mol. The van der Waals surface area contributed by atoms with Gasteiger partial charge in [0.25, 0.3) is 0 Å². The van der Waals surface area contributed by atoms with Crippen LogP contribution in [0.25, 0.3) is 0 Å². The van der Waals surface area contributed by atoms with Crippen LogP contribution in [0.4, 0.5) is 11.4 Å². The highest BCUT2D eigenvalue weighted by Crippen LogP contribution is 2.38. The second kappa shape index (κ2) is 10.1. The molecule has 160 valence electrons. The standard InChI is InChI=1S/C27H30N2O2/c1-19(2)25-15-24(11-12-26(25)31-18-30-5)29(17-22-9-7-6-8-10-22)27-20(3)13-23(16-28)14-21(27)4/h6-15,19H,17-18H2,1-5H3. The first-order valence-corrected chi connectivity index (χ1v) is 10.5. The minimum absolute atomic E-state index is 0.223. The lowest BCUT2D eigenvalue weighted by Gasteiger charge is -2.30. The first-order valence-electron chi connectivity index (χ1n) is 10.5. The summed E-state index contributed by atoms with van der Waals surface area (Å²) in [6.45, 7) is 9.42. The van der Waals surface area contributed by atoms with Gasteiger partial charge in [-0.2, -0.15) is 5.26 Å². The summed E-state index contributed by atoms with van der Waals surface area (Å²) in [6.07, 6.45) is 0. The van der Waals surface area contributed by atoms with Crippen LogP contribution in [0.2, 0.25) is 0 Å². The summed E-state index contributed by atoms with van der Waals surface area (Å²) in [6, 6.07) is 22.9. The fourth-order valence-electron chi connectivity index (χ4n) is 3.92. The zero-order valence-electron chi connectivity index (χ0n) is 19.0. The first-order chi connectivity index (χ1) is 14.9. The predicted octanol–water partition coefficient (Wildman–Crippen LogP) is 6.62. The molecule has 31 heavy (non-hydrogen) atoms. The molecule has 3 aromatic rings. The Balaban J connectivity index is 2.14. The third-order valence-corrected chi connectivity index (χ3v) is 5.33. The Morgan fingerprint density at radius 2 is 1.65 bits per heavy atom. The van der Waals surface area contributed by atoms with E-state index in [0.29, 0.717) is 11.5 Å². The lowest BCUT2D eigenvalue weighted by atomic mass is 9.99. The second-order valence-electron chi connectivity index (χ2n) is 8.07. The summed E-state index contributed by atoms with van der Waals surface area (Å²) in [5, 5.41) is 9.38. The number of ether oxygens (including phenoxy) is 2. The average molecular weight is 415 g/mol. The number of nitrogens with zero attached hydrogens (tertiary/aromatic N) is 2. The highest BCUT2D eigenvalue weighted by molar-refractivity contribution is 5.72. The van der Waals surface area contributed by atoms with Crippen LogP contribution in [0.15, 0.2) is 60.7 Å². The molecule has 0 saturated carbocycles. The molecular formula is C27H30N2O2. The maximum Gasteiger partial charge on any atom is 0.188 e. The minimum Gasteiger partial charge on any atom is -0.467 e. The van der Waals surface area contributed by atoms with Gasteiger partial charge >= 0.3 is 0 Å². The van der Waals surface area contributed by atoms with E-state index in [1.54, 1.807) is 7.11 Å². The maximum atomic E-state index is 9.38. The molecule has 0 aliphatic carbocycles. The van der Waals surface area contributed by atoms with Crippen molar-refractivity contribution in [3.8, 4) is 11.8 Å². The van der Waals surface area contributed by atoms with Crippen LogP contribution in [0.1, 0.15) is 47.6 Å². The van der Waals surface area contributed by atoms with E-state index >= 15 is 0 Å². The Kier molecular flexibility index (Phi) is 7.33. The minimum atomic E-state index is 0.223.